The fourth-order valence-corrected chi connectivity index (χ4v) is 5.78. The fourth-order valence-electron chi connectivity index (χ4n) is 5.78. The van der Waals surface area contributed by atoms with Crippen LogP contribution >= 0.6 is 0 Å². The summed E-state index contributed by atoms with van der Waals surface area (Å²) in [5.41, 5.74) is 5.19. The van der Waals surface area contributed by atoms with Gasteiger partial charge in [0.2, 0.25) is 0 Å². The van der Waals surface area contributed by atoms with Gasteiger partial charge in [0.1, 0.15) is 0 Å². The van der Waals surface area contributed by atoms with Gasteiger partial charge in [-0.25, -0.2) is 0 Å². The zero-order valence-electron chi connectivity index (χ0n) is 17.8. The van der Waals surface area contributed by atoms with Gasteiger partial charge in [0, 0.05) is 0 Å². The first-order valence-corrected chi connectivity index (χ1v) is 11.9. The van der Waals surface area contributed by atoms with Gasteiger partial charge in [-0.05, 0) is 48.7 Å². The second kappa shape index (κ2) is 12.2. The number of hydrogen-bond acceptors (Lipinski definition) is 0. The summed E-state index contributed by atoms with van der Waals surface area (Å²) in [5.74, 6) is 4.08. The number of fused-ring (bicyclic) bond motifs is 3. The molecular formula is C25H35Cl2Zr-. The molecule has 154 valence electrons. The van der Waals surface area contributed by atoms with E-state index in [1.165, 1.54) is 41.7 Å². The van der Waals surface area contributed by atoms with E-state index < -0.39 is 0 Å². The normalized spacial score (nSPS) is 32.4. The van der Waals surface area contributed by atoms with E-state index in [1.807, 2.05) is 5.57 Å². The minimum Gasteiger partial charge on any atom is -1.00 e. The van der Waals surface area contributed by atoms with Crippen molar-refractivity contribution in [3.05, 3.63) is 53.5 Å². The van der Waals surface area contributed by atoms with E-state index in [2.05, 4.69) is 64.5 Å². The zero-order valence-corrected chi connectivity index (χ0v) is 21.8. The Morgan fingerprint density at radius 3 is 2.39 bits per heavy atom. The van der Waals surface area contributed by atoms with Crippen LogP contribution in [0.5, 0.6) is 0 Å². The maximum Gasteiger partial charge on any atom is -1.00 e. The predicted molar refractivity (Wildman–Crippen MR) is 111 cm³/mol. The first-order valence-electron chi connectivity index (χ1n) is 10.7. The molecule has 0 amide bonds. The summed E-state index contributed by atoms with van der Waals surface area (Å²) < 4.78 is 1.51. The fraction of sp³-hybridized carbons (Fsp3) is 0.600. The summed E-state index contributed by atoms with van der Waals surface area (Å²) in [5, 5.41) is 0. The standard InChI is InChI=1S/C22H29.C3H6.2ClH.Zr/c1-3-15-12-13-21(17(15)4-2)20-11-7-10-19-18-9-6-5-8-16(18)14-22(19)20;1-3-2;;;/h5-6,8-9,12,14,16,18-20,22H,3-4,7,10-11,13H2,1-2H3;1-2H3;2*1H;/q-1;;;;+2/p-2. The molecule has 0 saturated heterocycles. The van der Waals surface area contributed by atoms with Crippen molar-refractivity contribution < 1.29 is 49.0 Å². The molecule has 0 aliphatic heterocycles. The molecule has 0 aromatic rings. The Kier molecular flexibility index (Phi) is 11.5. The number of rotatable bonds is 3. The van der Waals surface area contributed by atoms with Gasteiger partial charge in [-0.2, -0.15) is 5.92 Å². The van der Waals surface area contributed by atoms with Gasteiger partial charge in [0.15, 0.2) is 0 Å². The minimum absolute atomic E-state index is 0. The van der Waals surface area contributed by atoms with Crippen molar-refractivity contribution in [2.75, 3.05) is 0 Å². The van der Waals surface area contributed by atoms with Gasteiger partial charge in [0.05, 0.1) is 0 Å². The Bertz CT molecular complexity index is 651. The Labute approximate surface area is 200 Å². The summed E-state index contributed by atoms with van der Waals surface area (Å²) in [6.45, 7) is 8.92. The third-order valence-electron chi connectivity index (χ3n) is 6.70. The van der Waals surface area contributed by atoms with Gasteiger partial charge in [-0.15, -0.1) is 12.0 Å². The van der Waals surface area contributed by atoms with Crippen molar-refractivity contribution in [1.29, 1.82) is 0 Å². The van der Waals surface area contributed by atoms with Crippen LogP contribution in [0.1, 0.15) is 66.2 Å². The van der Waals surface area contributed by atoms with Crippen LogP contribution < -0.4 is 24.8 Å². The van der Waals surface area contributed by atoms with Crippen LogP contribution in [-0.2, 0) is 24.2 Å². The molecule has 3 heteroatoms. The van der Waals surface area contributed by atoms with Crippen molar-refractivity contribution in [3.63, 3.8) is 0 Å². The number of hydrogen-bond donors (Lipinski definition) is 0. The van der Waals surface area contributed by atoms with Crippen molar-refractivity contribution in [3.8, 4) is 0 Å². The molecule has 5 unspecified atom stereocenters. The Hall–Kier alpha value is 0.293. The largest absolute Gasteiger partial charge is 1.00 e. The molecule has 0 nitrogen and oxygen atoms in total. The summed E-state index contributed by atoms with van der Waals surface area (Å²) in [6, 6.07) is 0. The Morgan fingerprint density at radius 2 is 1.75 bits per heavy atom. The van der Waals surface area contributed by atoms with Crippen molar-refractivity contribution >= 4 is 3.21 Å². The molecule has 0 radical (unpaired) electrons. The predicted octanol–water partition coefficient (Wildman–Crippen LogP) is 0.795. The molecule has 0 aromatic carbocycles. The monoisotopic (exact) mass is 495 g/mol. The Morgan fingerprint density at radius 1 is 1.07 bits per heavy atom. The van der Waals surface area contributed by atoms with Crippen LogP contribution in [-0.4, -0.2) is 3.21 Å². The van der Waals surface area contributed by atoms with Gasteiger partial charge in [-0.1, -0.05) is 62.5 Å². The third-order valence-corrected chi connectivity index (χ3v) is 6.70. The molecule has 2 saturated carbocycles. The molecule has 4 aliphatic carbocycles. The van der Waals surface area contributed by atoms with Gasteiger partial charge in [0.25, 0.3) is 0 Å². The van der Waals surface area contributed by atoms with Crippen molar-refractivity contribution in [2.24, 2.45) is 29.6 Å². The molecule has 4 rings (SSSR count). The average Bonchev–Trinajstić information content (AvgIpc) is 3.21. The summed E-state index contributed by atoms with van der Waals surface area (Å²) >= 11 is 1.55. The maximum absolute atomic E-state index is 2.73. The van der Waals surface area contributed by atoms with Gasteiger partial charge in [-0.3, -0.25) is 0 Å². The van der Waals surface area contributed by atoms with E-state index in [0.29, 0.717) is 5.92 Å². The SMILES string of the molecule is CCC1=CCC(C2CCCC3C4C=CC=CC4[CH-]C23)=C1CC.C[C](C)=[Zr+2].[Cl-].[Cl-]. The average molecular weight is 498 g/mol. The summed E-state index contributed by atoms with van der Waals surface area (Å²) in [7, 11) is 0. The molecule has 0 aromatic heterocycles. The van der Waals surface area contributed by atoms with Crippen LogP contribution in [0.4, 0.5) is 0 Å². The first-order chi connectivity index (χ1) is 12.6. The molecule has 0 heterocycles. The molecule has 5 atom stereocenters. The second-order valence-electron chi connectivity index (χ2n) is 8.54. The van der Waals surface area contributed by atoms with E-state index in [9.17, 15) is 0 Å². The van der Waals surface area contributed by atoms with E-state index in [1.54, 1.807) is 35.4 Å². The zero-order chi connectivity index (χ0) is 18.7. The van der Waals surface area contributed by atoms with E-state index in [-0.39, 0.29) is 24.8 Å². The summed E-state index contributed by atoms with van der Waals surface area (Å²) in [6.07, 6.45) is 22.7. The smallest absolute Gasteiger partial charge is 1.00 e. The van der Waals surface area contributed by atoms with Gasteiger partial charge < -0.3 is 31.2 Å². The quantitative estimate of drug-likeness (QED) is 0.506. The second-order valence-corrected chi connectivity index (χ2v) is 11.0. The van der Waals surface area contributed by atoms with Crippen molar-refractivity contribution in [1.82, 2.24) is 0 Å². The molecule has 0 spiro atoms. The van der Waals surface area contributed by atoms with E-state index in [0.717, 1.165) is 23.7 Å². The first kappa shape index (κ1) is 26.3. The van der Waals surface area contributed by atoms with Crippen molar-refractivity contribution in [2.45, 2.75) is 66.2 Å². The van der Waals surface area contributed by atoms with Gasteiger partial charge >= 0.3 is 41.3 Å². The molecule has 0 bridgehead atoms. The van der Waals surface area contributed by atoms with Crippen LogP contribution in [0.3, 0.4) is 0 Å². The van der Waals surface area contributed by atoms with E-state index >= 15 is 0 Å². The van der Waals surface area contributed by atoms with Crippen LogP contribution in [0.2, 0.25) is 0 Å². The molecule has 0 N–H and O–H groups in total. The molecular weight excluding hydrogens is 462 g/mol. The maximum atomic E-state index is 2.73. The van der Waals surface area contributed by atoms with Crippen LogP contribution in [0, 0.1) is 36.0 Å². The third kappa shape index (κ3) is 5.71. The van der Waals surface area contributed by atoms with Crippen LogP contribution in [0.25, 0.3) is 0 Å². The van der Waals surface area contributed by atoms with Crippen LogP contribution in [0.15, 0.2) is 47.1 Å². The van der Waals surface area contributed by atoms with E-state index in [4.69, 9.17) is 0 Å². The molecule has 28 heavy (non-hydrogen) atoms. The Balaban J connectivity index is 0.000000601. The minimum atomic E-state index is 0. The topological polar surface area (TPSA) is 0 Å². The summed E-state index contributed by atoms with van der Waals surface area (Å²) in [4.78, 5) is 0. The molecule has 2 fully saturated rings. The number of halogens is 2. The molecule has 4 aliphatic rings. The number of allylic oxidation sites excluding steroid dienone is 8.